The zero-order valence-corrected chi connectivity index (χ0v) is 11.0. The van der Waals surface area contributed by atoms with Crippen LogP contribution in [0.15, 0.2) is 18.2 Å². The number of hydrogen-bond acceptors (Lipinski definition) is 5. The Kier molecular flexibility index (Phi) is 4.95. The number of nitrogens with one attached hydrogen (secondary N) is 1. The summed E-state index contributed by atoms with van der Waals surface area (Å²) in [6.07, 6.45) is 0. The minimum Gasteiger partial charge on any atom is -0.495 e. The lowest BCUT2D eigenvalue weighted by Crippen LogP contribution is -2.20. The van der Waals surface area contributed by atoms with Gasteiger partial charge in [-0.05, 0) is 12.1 Å². The van der Waals surface area contributed by atoms with Crippen LogP contribution in [0.5, 0.6) is 5.75 Å². The van der Waals surface area contributed by atoms with E-state index >= 15 is 0 Å². The fourth-order valence-corrected chi connectivity index (χ4v) is 2.31. The summed E-state index contributed by atoms with van der Waals surface area (Å²) in [5.41, 5.74) is 0.356. The van der Waals surface area contributed by atoms with Gasteiger partial charge in [0, 0.05) is 7.11 Å². The third-order valence-electron chi connectivity index (χ3n) is 2.18. The molecule has 0 unspecified atom stereocenters. The summed E-state index contributed by atoms with van der Waals surface area (Å²) in [7, 11) is -0.746. The molecule has 98 valence electrons. The van der Waals surface area contributed by atoms with Crippen LogP contribution in [0.2, 0.25) is 0 Å². The molecule has 0 aliphatic rings. The van der Waals surface area contributed by atoms with Gasteiger partial charge < -0.3 is 9.47 Å². The molecule has 0 aliphatic heterocycles. The van der Waals surface area contributed by atoms with Crippen molar-refractivity contribution in [1.29, 1.82) is 5.26 Å². The van der Waals surface area contributed by atoms with E-state index in [0.29, 0.717) is 5.75 Å². The van der Waals surface area contributed by atoms with E-state index in [4.69, 9.17) is 14.7 Å². The first-order chi connectivity index (χ1) is 8.54. The van der Waals surface area contributed by atoms with Crippen molar-refractivity contribution in [3.63, 3.8) is 0 Å². The highest BCUT2D eigenvalue weighted by Crippen LogP contribution is 2.28. The molecule has 1 rings (SSSR count). The maximum absolute atomic E-state index is 11.7. The number of para-hydroxylation sites is 1. The molecule has 0 saturated heterocycles. The van der Waals surface area contributed by atoms with E-state index in [1.165, 1.54) is 20.3 Å². The molecule has 0 bridgehead atoms. The van der Waals surface area contributed by atoms with Gasteiger partial charge in [-0.2, -0.15) is 5.26 Å². The molecular weight excluding hydrogens is 256 g/mol. The Morgan fingerprint density at radius 2 is 2.11 bits per heavy atom. The zero-order valence-electron chi connectivity index (χ0n) is 10.1. The lowest BCUT2D eigenvalue weighted by Gasteiger charge is -2.12. The van der Waals surface area contributed by atoms with Crippen molar-refractivity contribution in [1.82, 2.24) is 0 Å². The summed E-state index contributed by atoms with van der Waals surface area (Å²) in [5.74, 6) is 0.113. The third kappa shape index (κ3) is 3.61. The molecule has 18 heavy (non-hydrogen) atoms. The Labute approximate surface area is 106 Å². The molecule has 0 atom stereocenters. The van der Waals surface area contributed by atoms with Crippen LogP contribution >= 0.6 is 0 Å². The summed E-state index contributed by atoms with van der Waals surface area (Å²) in [6, 6.07) is 6.62. The highest BCUT2D eigenvalue weighted by Gasteiger charge is 2.16. The third-order valence-corrected chi connectivity index (χ3v) is 3.40. The van der Waals surface area contributed by atoms with E-state index in [0.717, 1.165) is 0 Å². The van der Waals surface area contributed by atoms with Crippen LogP contribution in [0.1, 0.15) is 5.56 Å². The quantitative estimate of drug-likeness (QED) is 0.831. The summed E-state index contributed by atoms with van der Waals surface area (Å²) in [6.45, 7) is 0.0758. The number of hydrogen-bond donors (Lipinski definition) is 1. The molecule has 0 aliphatic carbocycles. The predicted molar refractivity (Wildman–Crippen MR) is 67.0 cm³/mol. The molecule has 0 aromatic heterocycles. The Morgan fingerprint density at radius 3 is 2.67 bits per heavy atom. The Morgan fingerprint density at radius 1 is 1.39 bits per heavy atom. The van der Waals surface area contributed by atoms with Gasteiger partial charge in [0.15, 0.2) is 0 Å². The smallest absolute Gasteiger partial charge is 0.235 e. The van der Waals surface area contributed by atoms with Crippen molar-refractivity contribution >= 4 is 15.7 Å². The zero-order chi connectivity index (χ0) is 13.6. The first kappa shape index (κ1) is 14.3. The van der Waals surface area contributed by atoms with Crippen molar-refractivity contribution in [2.24, 2.45) is 0 Å². The van der Waals surface area contributed by atoms with Gasteiger partial charge in [0.25, 0.3) is 0 Å². The Balaban J connectivity index is 3.07. The summed E-state index contributed by atoms with van der Waals surface area (Å²) >= 11 is 0. The summed E-state index contributed by atoms with van der Waals surface area (Å²) in [4.78, 5) is 0. The van der Waals surface area contributed by atoms with E-state index in [-0.39, 0.29) is 23.6 Å². The second kappa shape index (κ2) is 6.23. The minimum absolute atomic E-state index is 0.0758. The molecule has 0 amide bonds. The Bertz CT molecular complexity index is 549. The van der Waals surface area contributed by atoms with E-state index in [2.05, 4.69) is 4.72 Å². The standard InChI is InChI=1S/C11H14N2O4S/c1-16-6-7-18(14,15)13-11-9(8-12)4-3-5-10(11)17-2/h3-5,13H,6-7H2,1-2H3. The lowest BCUT2D eigenvalue weighted by molar-refractivity contribution is 0.217. The van der Waals surface area contributed by atoms with E-state index in [9.17, 15) is 8.42 Å². The van der Waals surface area contributed by atoms with Gasteiger partial charge in [-0.1, -0.05) is 6.07 Å². The summed E-state index contributed by atoms with van der Waals surface area (Å²) in [5, 5.41) is 8.95. The van der Waals surface area contributed by atoms with Crippen molar-refractivity contribution in [3.8, 4) is 11.8 Å². The number of nitrogens with zero attached hydrogens (tertiary/aromatic N) is 1. The molecule has 6 nitrogen and oxygen atoms in total. The molecule has 0 saturated carbocycles. The first-order valence-corrected chi connectivity index (χ1v) is 6.76. The molecule has 1 aromatic rings. The fraction of sp³-hybridized carbons (Fsp3) is 0.364. The summed E-state index contributed by atoms with van der Waals surface area (Å²) < 4.78 is 35.6. The van der Waals surface area contributed by atoms with Gasteiger partial charge in [-0.15, -0.1) is 0 Å². The van der Waals surface area contributed by atoms with Gasteiger partial charge in [0.1, 0.15) is 17.5 Å². The highest BCUT2D eigenvalue weighted by molar-refractivity contribution is 7.92. The number of benzene rings is 1. The van der Waals surface area contributed by atoms with Gasteiger partial charge in [-0.25, -0.2) is 8.42 Å². The maximum Gasteiger partial charge on any atom is 0.235 e. The molecule has 0 fully saturated rings. The molecule has 7 heteroatoms. The lowest BCUT2D eigenvalue weighted by atomic mass is 10.2. The highest BCUT2D eigenvalue weighted by atomic mass is 32.2. The van der Waals surface area contributed by atoms with Crippen LogP contribution in [0.4, 0.5) is 5.69 Å². The Hall–Kier alpha value is -1.78. The van der Waals surface area contributed by atoms with Crippen molar-refractivity contribution in [2.45, 2.75) is 0 Å². The topological polar surface area (TPSA) is 88.4 Å². The van der Waals surface area contributed by atoms with Crippen LogP contribution in [-0.2, 0) is 14.8 Å². The molecule has 0 radical (unpaired) electrons. The van der Waals surface area contributed by atoms with Crippen LogP contribution in [0, 0.1) is 11.3 Å². The number of anilines is 1. The molecular formula is C11H14N2O4S. The van der Waals surface area contributed by atoms with Gasteiger partial charge in [0.2, 0.25) is 10.0 Å². The molecule has 0 heterocycles. The number of sulfonamides is 1. The second-order valence-corrected chi connectivity index (χ2v) is 5.25. The van der Waals surface area contributed by atoms with Crippen molar-refractivity contribution < 1.29 is 17.9 Å². The van der Waals surface area contributed by atoms with E-state index < -0.39 is 10.0 Å². The van der Waals surface area contributed by atoms with Crippen LogP contribution < -0.4 is 9.46 Å². The normalized spacial score (nSPS) is 10.7. The SMILES string of the molecule is COCCS(=O)(=O)Nc1c(C#N)cccc1OC. The number of nitriles is 1. The number of rotatable bonds is 6. The van der Waals surface area contributed by atoms with Crippen molar-refractivity contribution in [2.75, 3.05) is 31.3 Å². The maximum atomic E-state index is 11.7. The average molecular weight is 270 g/mol. The van der Waals surface area contributed by atoms with Crippen LogP contribution in [0.3, 0.4) is 0 Å². The number of ether oxygens (including phenoxy) is 2. The largest absolute Gasteiger partial charge is 0.495 e. The fourth-order valence-electron chi connectivity index (χ4n) is 1.30. The van der Waals surface area contributed by atoms with Gasteiger partial charge in [-0.3, -0.25) is 4.72 Å². The average Bonchev–Trinajstić information content (AvgIpc) is 2.36. The molecule has 1 N–H and O–H groups in total. The van der Waals surface area contributed by atoms with Crippen LogP contribution in [-0.4, -0.2) is 35.0 Å². The monoisotopic (exact) mass is 270 g/mol. The predicted octanol–water partition coefficient (Wildman–Crippen LogP) is 0.955. The number of methoxy groups -OCH3 is 2. The first-order valence-electron chi connectivity index (χ1n) is 5.10. The van der Waals surface area contributed by atoms with Gasteiger partial charge in [0.05, 0.1) is 25.0 Å². The van der Waals surface area contributed by atoms with E-state index in [1.54, 1.807) is 12.1 Å². The van der Waals surface area contributed by atoms with Crippen molar-refractivity contribution in [3.05, 3.63) is 23.8 Å². The van der Waals surface area contributed by atoms with Gasteiger partial charge >= 0.3 is 0 Å². The molecule has 0 spiro atoms. The van der Waals surface area contributed by atoms with Crippen LogP contribution in [0.25, 0.3) is 0 Å². The second-order valence-electron chi connectivity index (χ2n) is 3.41. The van der Waals surface area contributed by atoms with E-state index in [1.807, 2.05) is 6.07 Å². The molecule has 1 aromatic carbocycles. The minimum atomic E-state index is -3.57.